The van der Waals surface area contributed by atoms with E-state index in [9.17, 15) is 8.42 Å². The Labute approximate surface area is 153 Å². The zero-order valence-corrected chi connectivity index (χ0v) is 15.8. The number of allylic oxidation sites excluding steroid dienone is 1. The number of benzene rings is 2. The molecule has 0 unspecified atom stereocenters. The van der Waals surface area contributed by atoms with Crippen molar-refractivity contribution in [1.29, 1.82) is 0 Å². The van der Waals surface area contributed by atoms with Crippen LogP contribution < -0.4 is 5.14 Å². The van der Waals surface area contributed by atoms with Gasteiger partial charge in [-0.1, -0.05) is 48.0 Å². The van der Waals surface area contributed by atoms with Crippen molar-refractivity contribution in [2.75, 3.05) is 0 Å². The lowest BCUT2D eigenvalue weighted by atomic mass is 9.98. The van der Waals surface area contributed by atoms with E-state index in [2.05, 4.69) is 24.3 Å². The van der Waals surface area contributed by atoms with Crippen molar-refractivity contribution < 1.29 is 8.42 Å². The molecule has 0 bridgehead atoms. The molecule has 0 fully saturated rings. The van der Waals surface area contributed by atoms with Crippen LogP contribution >= 0.6 is 0 Å². The second kappa shape index (κ2) is 6.90. The van der Waals surface area contributed by atoms with Crippen LogP contribution in [0.2, 0.25) is 0 Å². The van der Waals surface area contributed by atoms with Crippen LogP contribution in [0.4, 0.5) is 0 Å². The second-order valence-electron chi connectivity index (χ2n) is 6.17. The average molecular weight is 367 g/mol. The van der Waals surface area contributed by atoms with Crippen LogP contribution in [-0.4, -0.2) is 18.2 Å². The third kappa shape index (κ3) is 3.47. The molecular weight excluding hydrogens is 346 g/mol. The topological polar surface area (TPSA) is 78.0 Å². The summed E-state index contributed by atoms with van der Waals surface area (Å²) in [4.78, 5) is 0.0859. The van der Waals surface area contributed by atoms with Crippen LogP contribution in [0.3, 0.4) is 0 Å². The molecule has 5 nitrogen and oxygen atoms in total. The molecule has 0 atom stereocenters. The lowest BCUT2D eigenvalue weighted by Crippen LogP contribution is -2.11. The van der Waals surface area contributed by atoms with Gasteiger partial charge in [-0.2, -0.15) is 5.10 Å². The highest BCUT2D eigenvalue weighted by atomic mass is 32.2. The molecule has 6 heteroatoms. The Morgan fingerprint density at radius 2 is 1.54 bits per heavy atom. The highest BCUT2D eigenvalue weighted by molar-refractivity contribution is 7.89. The van der Waals surface area contributed by atoms with Crippen molar-refractivity contribution in [3.8, 4) is 22.4 Å². The van der Waals surface area contributed by atoms with E-state index >= 15 is 0 Å². The summed E-state index contributed by atoms with van der Waals surface area (Å²) in [6.07, 6.45) is 3.82. The Balaban J connectivity index is 2.20. The Morgan fingerprint density at radius 1 is 0.962 bits per heavy atom. The van der Waals surface area contributed by atoms with Crippen LogP contribution in [0, 0.1) is 13.8 Å². The first kappa shape index (κ1) is 18.1. The Morgan fingerprint density at radius 3 is 2.08 bits per heavy atom. The number of nitrogens with two attached hydrogens (primary N) is 1. The van der Waals surface area contributed by atoms with E-state index in [4.69, 9.17) is 10.2 Å². The van der Waals surface area contributed by atoms with Crippen LogP contribution in [0.15, 0.2) is 59.5 Å². The van der Waals surface area contributed by atoms with Gasteiger partial charge in [0.15, 0.2) is 0 Å². The van der Waals surface area contributed by atoms with E-state index in [0.29, 0.717) is 0 Å². The van der Waals surface area contributed by atoms with Gasteiger partial charge in [-0.05, 0) is 38.5 Å². The first-order chi connectivity index (χ1) is 12.3. The van der Waals surface area contributed by atoms with Gasteiger partial charge in [0.05, 0.1) is 4.90 Å². The molecule has 3 aromatic rings. The van der Waals surface area contributed by atoms with Crippen LogP contribution in [0.25, 0.3) is 28.6 Å². The summed E-state index contributed by atoms with van der Waals surface area (Å²) in [6.45, 7) is 6.00. The predicted molar refractivity (Wildman–Crippen MR) is 105 cm³/mol. The number of primary sulfonamides is 1. The van der Waals surface area contributed by atoms with Crippen LogP contribution in [0.5, 0.6) is 0 Å². The lowest BCUT2D eigenvalue weighted by Gasteiger charge is -2.06. The van der Waals surface area contributed by atoms with Gasteiger partial charge < -0.3 is 0 Å². The molecule has 0 spiro atoms. The minimum absolute atomic E-state index is 0.0859. The van der Waals surface area contributed by atoms with Crippen molar-refractivity contribution in [3.63, 3.8) is 0 Å². The Bertz CT molecular complexity index is 1060. The average Bonchev–Trinajstić information content (AvgIpc) is 2.92. The lowest BCUT2D eigenvalue weighted by molar-refractivity contribution is 0.598. The number of sulfonamides is 1. The third-order valence-electron chi connectivity index (χ3n) is 4.24. The normalized spacial score (nSPS) is 12.0. The molecule has 0 radical (unpaired) electrons. The summed E-state index contributed by atoms with van der Waals surface area (Å²) >= 11 is 0. The molecule has 1 aromatic heterocycles. The van der Waals surface area contributed by atoms with Gasteiger partial charge in [0, 0.05) is 23.0 Å². The largest absolute Gasteiger partial charge is 0.244 e. The highest BCUT2D eigenvalue weighted by Gasteiger charge is 2.18. The van der Waals surface area contributed by atoms with Crippen molar-refractivity contribution in [3.05, 3.63) is 65.9 Å². The zero-order valence-electron chi connectivity index (χ0n) is 15.0. The quantitative estimate of drug-likeness (QED) is 0.758. The van der Waals surface area contributed by atoms with E-state index < -0.39 is 10.0 Å². The summed E-state index contributed by atoms with van der Waals surface area (Å²) in [6, 6.07) is 14.8. The molecule has 0 saturated carbocycles. The maximum absolute atomic E-state index is 11.5. The summed E-state index contributed by atoms with van der Waals surface area (Å²) in [5, 5.41) is 9.90. The number of rotatable bonds is 4. The molecule has 0 aliphatic heterocycles. The van der Waals surface area contributed by atoms with Crippen LogP contribution in [0.1, 0.15) is 18.2 Å². The maximum atomic E-state index is 11.5. The first-order valence-corrected chi connectivity index (χ1v) is 9.78. The van der Waals surface area contributed by atoms with E-state index in [1.165, 1.54) is 17.7 Å². The molecule has 1 heterocycles. The summed E-state index contributed by atoms with van der Waals surface area (Å²) < 4.78 is 24.8. The molecular formula is C20H21N3O2S. The fourth-order valence-corrected chi connectivity index (χ4v) is 3.39. The zero-order chi connectivity index (χ0) is 18.9. The number of nitrogens with zero attached hydrogens (tertiary/aromatic N) is 2. The molecule has 26 heavy (non-hydrogen) atoms. The van der Waals surface area contributed by atoms with Gasteiger partial charge in [-0.3, -0.25) is 0 Å². The smallest absolute Gasteiger partial charge is 0.238 e. The van der Waals surface area contributed by atoms with E-state index in [0.717, 1.165) is 28.1 Å². The van der Waals surface area contributed by atoms with Gasteiger partial charge >= 0.3 is 0 Å². The van der Waals surface area contributed by atoms with Crippen molar-refractivity contribution in [1.82, 2.24) is 9.78 Å². The van der Waals surface area contributed by atoms with Crippen molar-refractivity contribution >= 4 is 16.2 Å². The highest BCUT2D eigenvalue weighted by Crippen LogP contribution is 2.35. The summed E-state index contributed by atoms with van der Waals surface area (Å²) in [5.41, 5.74) is 5.91. The second-order valence-corrected chi connectivity index (χ2v) is 7.73. The standard InChI is InChI=1S/C20H21N3O2S/c1-4-13-23-15(3)19(16-7-5-14(2)6-8-16)20(22-23)17-9-11-18(12-10-17)26(21,24)25/h4-13H,1-3H3,(H2,21,24,25). The van der Waals surface area contributed by atoms with Crippen molar-refractivity contribution in [2.24, 2.45) is 5.14 Å². The molecule has 3 rings (SSSR count). The summed E-state index contributed by atoms with van der Waals surface area (Å²) in [5.74, 6) is 0. The molecule has 2 aromatic carbocycles. The third-order valence-corrected chi connectivity index (χ3v) is 5.17. The maximum Gasteiger partial charge on any atom is 0.238 e. The molecule has 134 valence electrons. The monoisotopic (exact) mass is 367 g/mol. The molecule has 0 saturated heterocycles. The number of hydrogen-bond acceptors (Lipinski definition) is 3. The minimum atomic E-state index is -3.72. The molecule has 2 N–H and O–H groups in total. The minimum Gasteiger partial charge on any atom is -0.244 e. The van der Waals surface area contributed by atoms with E-state index in [1.54, 1.807) is 12.1 Å². The van der Waals surface area contributed by atoms with Gasteiger partial charge in [-0.15, -0.1) is 0 Å². The van der Waals surface area contributed by atoms with Crippen molar-refractivity contribution in [2.45, 2.75) is 25.7 Å². The number of aryl methyl sites for hydroxylation is 1. The fourth-order valence-electron chi connectivity index (χ4n) is 2.88. The van der Waals surface area contributed by atoms with Gasteiger partial charge in [-0.25, -0.2) is 18.2 Å². The fraction of sp³-hybridized carbons (Fsp3) is 0.150. The van der Waals surface area contributed by atoms with E-state index in [-0.39, 0.29) is 4.90 Å². The molecule has 0 aliphatic rings. The predicted octanol–water partition coefficient (Wildman–Crippen LogP) is 3.97. The van der Waals surface area contributed by atoms with Gasteiger partial charge in [0.1, 0.15) is 5.69 Å². The molecule has 0 aliphatic carbocycles. The van der Waals surface area contributed by atoms with Gasteiger partial charge in [0.25, 0.3) is 0 Å². The number of aromatic nitrogens is 2. The summed E-state index contributed by atoms with van der Waals surface area (Å²) in [7, 11) is -3.72. The van der Waals surface area contributed by atoms with E-state index in [1.807, 2.05) is 37.7 Å². The SMILES string of the molecule is CC=Cn1nc(-c2ccc(S(N)(=O)=O)cc2)c(-c2ccc(C)cc2)c1C. The number of hydrogen-bond donors (Lipinski definition) is 1. The van der Waals surface area contributed by atoms with Crippen LogP contribution in [-0.2, 0) is 10.0 Å². The van der Waals surface area contributed by atoms with Gasteiger partial charge in [0.2, 0.25) is 10.0 Å². The first-order valence-electron chi connectivity index (χ1n) is 8.23. The molecule has 0 amide bonds. The Kier molecular flexibility index (Phi) is 4.80. The Hall–Kier alpha value is -2.70.